The maximum Gasteiger partial charge on any atom is 0.339 e. The first kappa shape index (κ1) is 23.2. The van der Waals surface area contributed by atoms with Crippen molar-refractivity contribution >= 4 is 11.9 Å². The van der Waals surface area contributed by atoms with Gasteiger partial charge >= 0.3 is 11.9 Å². The van der Waals surface area contributed by atoms with Crippen molar-refractivity contribution < 1.29 is 19.1 Å². The molecular weight excluding hydrogens is 424 g/mol. The van der Waals surface area contributed by atoms with E-state index in [0.717, 1.165) is 51.4 Å². The molecule has 3 fully saturated rings. The number of hydrogen-bond donors (Lipinski definition) is 0. The van der Waals surface area contributed by atoms with E-state index in [1.807, 2.05) is 18.2 Å². The third-order valence-electron chi connectivity index (χ3n) is 10.0. The maximum absolute atomic E-state index is 13.0. The summed E-state index contributed by atoms with van der Waals surface area (Å²) in [4.78, 5) is 24.5. The van der Waals surface area contributed by atoms with Crippen LogP contribution in [0.3, 0.4) is 0 Å². The summed E-state index contributed by atoms with van der Waals surface area (Å²) < 4.78 is 11.8. The quantitative estimate of drug-likeness (QED) is 0.310. The van der Waals surface area contributed by atoms with E-state index in [-0.39, 0.29) is 28.9 Å². The van der Waals surface area contributed by atoms with Crippen molar-refractivity contribution in [1.82, 2.24) is 0 Å². The molecule has 4 aliphatic carbocycles. The molecule has 0 bridgehead atoms. The van der Waals surface area contributed by atoms with Gasteiger partial charge in [-0.15, -0.1) is 6.42 Å². The highest BCUT2D eigenvalue weighted by Gasteiger charge is 2.65. The Morgan fingerprint density at radius 3 is 2.47 bits per heavy atom. The molecule has 0 N–H and O–H groups in total. The highest BCUT2D eigenvalue weighted by atomic mass is 16.6. The molecule has 4 heteroatoms. The Bertz CT molecular complexity index is 1050. The zero-order valence-electron chi connectivity index (χ0n) is 20.6. The number of esters is 2. The summed E-state index contributed by atoms with van der Waals surface area (Å²) in [5, 5.41) is 0. The van der Waals surface area contributed by atoms with Crippen LogP contribution in [0.15, 0.2) is 42.0 Å². The SMILES string of the molecule is C#C[C@]1(OC(=O)c2ccccc2)CCC2C3CC=C4CC(OC(C)=O)CCC4(C)C3CCC21C. The topological polar surface area (TPSA) is 52.6 Å². The van der Waals surface area contributed by atoms with E-state index < -0.39 is 5.60 Å². The predicted octanol–water partition coefficient (Wildman–Crippen LogP) is 6.11. The second-order valence-electron chi connectivity index (χ2n) is 11.5. The summed E-state index contributed by atoms with van der Waals surface area (Å²) in [6.07, 6.45) is 16.3. The molecule has 4 aliphatic rings. The van der Waals surface area contributed by atoms with Gasteiger partial charge in [0, 0.05) is 18.8 Å². The summed E-state index contributed by atoms with van der Waals surface area (Å²) in [5.41, 5.74) is 1.12. The predicted molar refractivity (Wildman–Crippen MR) is 131 cm³/mol. The Hall–Kier alpha value is -2.54. The molecule has 6 unspecified atom stereocenters. The van der Waals surface area contributed by atoms with Crippen LogP contribution in [0.25, 0.3) is 0 Å². The number of carbonyl (C=O) groups is 2. The van der Waals surface area contributed by atoms with Crippen LogP contribution in [0.5, 0.6) is 0 Å². The van der Waals surface area contributed by atoms with Gasteiger partial charge in [0.15, 0.2) is 5.60 Å². The van der Waals surface area contributed by atoms with Gasteiger partial charge in [-0.25, -0.2) is 4.79 Å². The fourth-order valence-electron chi connectivity index (χ4n) is 8.19. The first-order valence-corrected chi connectivity index (χ1v) is 12.9. The third-order valence-corrected chi connectivity index (χ3v) is 10.0. The lowest BCUT2D eigenvalue weighted by Crippen LogP contribution is -2.55. The minimum atomic E-state index is -0.854. The molecule has 0 aromatic heterocycles. The smallest absolute Gasteiger partial charge is 0.339 e. The minimum absolute atomic E-state index is 0.0141. The highest BCUT2D eigenvalue weighted by Crippen LogP contribution is 2.67. The minimum Gasteiger partial charge on any atom is -0.462 e. The molecule has 180 valence electrons. The van der Waals surface area contributed by atoms with Crippen LogP contribution >= 0.6 is 0 Å². The van der Waals surface area contributed by atoms with E-state index in [1.165, 1.54) is 12.5 Å². The molecule has 0 aliphatic heterocycles. The molecule has 0 heterocycles. The van der Waals surface area contributed by atoms with Crippen LogP contribution in [0, 0.1) is 40.9 Å². The van der Waals surface area contributed by atoms with Crippen molar-refractivity contribution in [3.8, 4) is 12.3 Å². The first-order valence-electron chi connectivity index (χ1n) is 12.9. The maximum atomic E-state index is 13.0. The van der Waals surface area contributed by atoms with Gasteiger partial charge in [-0.2, -0.15) is 0 Å². The van der Waals surface area contributed by atoms with Crippen LogP contribution in [0.4, 0.5) is 0 Å². The summed E-state index contributed by atoms with van der Waals surface area (Å²) in [7, 11) is 0. The molecule has 7 atom stereocenters. The number of benzene rings is 1. The summed E-state index contributed by atoms with van der Waals surface area (Å²) in [6, 6.07) is 9.18. The zero-order chi connectivity index (χ0) is 24.1. The Labute approximate surface area is 203 Å². The van der Waals surface area contributed by atoms with Crippen LogP contribution in [-0.4, -0.2) is 23.6 Å². The molecule has 4 nitrogen and oxygen atoms in total. The Kier molecular flexibility index (Phi) is 5.66. The molecule has 5 rings (SSSR count). The average molecular weight is 461 g/mol. The van der Waals surface area contributed by atoms with Gasteiger partial charge in [0.05, 0.1) is 5.56 Å². The lowest BCUT2D eigenvalue weighted by atomic mass is 9.47. The largest absolute Gasteiger partial charge is 0.462 e. The zero-order valence-corrected chi connectivity index (χ0v) is 20.6. The Balaban J connectivity index is 1.40. The van der Waals surface area contributed by atoms with E-state index in [9.17, 15) is 9.59 Å². The van der Waals surface area contributed by atoms with Crippen LogP contribution in [0.1, 0.15) is 82.5 Å². The number of rotatable bonds is 3. The first-order chi connectivity index (χ1) is 16.2. The standard InChI is InChI=1S/C30H36O4/c1-5-30(34-27(32)21-9-7-6-8-10-21)18-15-26-24-12-11-22-19-23(33-20(2)31)13-16-28(22,3)25(24)14-17-29(26,30)4/h1,6-11,23-26H,12-19H2,2-4H3/t23?,24?,25?,26?,28?,29?,30-/m0/s1. The van der Waals surface area contributed by atoms with Crippen molar-refractivity contribution in [2.45, 2.75) is 83.8 Å². The molecule has 1 aromatic carbocycles. The van der Waals surface area contributed by atoms with Crippen molar-refractivity contribution in [1.29, 1.82) is 0 Å². The van der Waals surface area contributed by atoms with E-state index in [2.05, 4.69) is 25.8 Å². The molecule has 0 saturated heterocycles. The lowest BCUT2D eigenvalue weighted by molar-refractivity contribution is -0.149. The molecular formula is C30H36O4. The van der Waals surface area contributed by atoms with Gasteiger partial charge in [0.2, 0.25) is 0 Å². The summed E-state index contributed by atoms with van der Waals surface area (Å²) in [6.45, 7) is 6.21. The highest BCUT2D eigenvalue weighted by molar-refractivity contribution is 5.89. The molecule has 34 heavy (non-hydrogen) atoms. The van der Waals surface area contributed by atoms with Crippen LogP contribution in [-0.2, 0) is 14.3 Å². The summed E-state index contributed by atoms with van der Waals surface area (Å²) >= 11 is 0. The molecule has 3 saturated carbocycles. The normalized spacial score (nSPS) is 40.6. The fraction of sp³-hybridized carbons (Fsp3) is 0.600. The number of terminal acetylenes is 1. The van der Waals surface area contributed by atoms with Crippen molar-refractivity contribution in [2.24, 2.45) is 28.6 Å². The number of ether oxygens (including phenoxy) is 2. The third kappa shape index (κ3) is 3.43. The molecule has 1 aromatic rings. The van der Waals surface area contributed by atoms with Crippen LogP contribution < -0.4 is 0 Å². The summed E-state index contributed by atoms with van der Waals surface area (Å²) in [5.74, 6) is 4.08. The number of fused-ring (bicyclic) bond motifs is 5. The Morgan fingerprint density at radius 2 is 1.76 bits per heavy atom. The van der Waals surface area contributed by atoms with E-state index in [4.69, 9.17) is 15.9 Å². The van der Waals surface area contributed by atoms with Crippen LogP contribution in [0.2, 0.25) is 0 Å². The van der Waals surface area contributed by atoms with Gasteiger partial charge in [0.1, 0.15) is 6.10 Å². The second-order valence-corrected chi connectivity index (χ2v) is 11.5. The number of hydrogen-bond acceptors (Lipinski definition) is 4. The van der Waals surface area contributed by atoms with Gasteiger partial charge in [0.25, 0.3) is 0 Å². The monoisotopic (exact) mass is 460 g/mol. The average Bonchev–Trinajstić information content (AvgIpc) is 3.12. The van der Waals surface area contributed by atoms with Crippen molar-refractivity contribution in [3.63, 3.8) is 0 Å². The molecule has 0 radical (unpaired) electrons. The lowest BCUT2D eigenvalue weighted by Gasteiger charge is -2.58. The second kappa shape index (κ2) is 8.29. The van der Waals surface area contributed by atoms with Crippen molar-refractivity contribution in [3.05, 3.63) is 47.5 Å². The van der Waals surface area contributed by atoms with Gasteiger partial charge < -0.3 is 9.47 Å². The fourth-order valence-corrected chi connectivity index (χ4v) is 8.19. The molecule has 0 amide bonds. The van der Waals surface area contributed by atoms with E-state index in [0.29, 0.717) is 23.3 Å². The van der Waals surface area contributed by atoms with E-state index in [1.54, 1.807) is 12.1 Å². The van der Waals surface area contributed by atoms with Crippen molar-refractivity contribution in [2.75, 3.05) is 0 Å². The number of carbonyl (C=O) groups excluding carboxylic acids is 2. The van der Waals surface area contributed by atoms with E-state index >= 15 is 0 Å². The Morgan fingerprint density at radius 1 is 1.03 bits per heavy atom. The van der Waals surface area contributed by atoms with Gasteiger partial charge in [-0.1, -0.05) is 49.6 Å². The molecule has 0 spiro atoms. The number of allylic oxidation sites excluding steroid dienone is 1. The van der Waals surface area contributed by atoms with Gasteiger partial charge in [-0.05, 0) is 80.2 Å². The van der Waals surface area contributed by atoms with Gasteiger partial charge in [-0.3, -0.25) is 4.79 Å².